The lowest BCUT2D eigenvalue weighted by atomic mass is 10.0. The summed E-state index contributed by atoms with van der Waals surface area (Å²) in [5.41, 5.74) is 0. The largest absolute Gasteiger partial charge is 0.319 e. The molecule has 0 fully saturated rings. The summed E-state index contributed by atoms with van der Waals surface area (Å²) in [5.74, 6) is -3.73. The van der Waals surface area contributed by atoms with Gasteiger partial charge in [0.2, 0.25) is 0 Å². The highest BCUT2D eigenvalue weighted by molar-refractivity contribution is 4.76. The highest BCUT2D eigenvalue weighted by Crippen LogP contribution is 2.22. The Morgan fingerprint density at radius 3 is 2.07 bits per heavy atom. The predicted octanol–water partition coefficient (Wildman–Crippen LogP) is 2.91. The molecule has 0 aliphatic carbocycles. The maximum Gasteiger partial charge on any atom is 0.319 e. The molecule has 86 valence electrons. The molecule has 0 aromatic rings. The zero-order valence-corrected chi connectivity index (χ0v) is 8.66. The number of rotatable bonds is 6. The van der Waals surface area contributed by atoms with E-state index in [2.05, 4.69) is 5.32 Å². The van der Waals surface area contributed by atoms with Crippen molar-refractivity contribution in [2.45, 2.75) is 45.6 Å². The number of halogens is 4. The summed E-state index contributed by atoms with van der Waals surface area (Å²) in [5, 5.41) is 2.42. The molecule has 0 bridgehead atoms. The van der Waals surface area contributed by atoms with Gasteiger partial charge in [-0.3, -0.25) is 0 Å². The normalized spacial score (nSPS) is 17.1. The lowest BCUT2D eigenvalue weighted by Crippen LogP contribution is -2.44. The Kier molecular flexibility index (Phi) is 5.41. The SMILES string of the molecule is CCC(C)C(C)NCC(F)(F)C(F)F. The van der Waals surface area contributed by atoms with Gasteiger partial charge in [0.1, 0.15) is 0 Å². The van der Waals surface area contributed by atoms with E-state index < -0.39 is 18.9 Å². The quantitative estimate of drug-likeness (QED) is 0.672. The highest BCUT2D eigenvalue weighted by atomic mass is 19.3. The average Bonchev–Trinajstić information content (AvgIpc) is 2.12. The van der Waals surface area contributed by atoms with Gasteiger partial charge in [0.25, 0.3) is 0 Å². The van der Waals surface area contributed by atoms with Gasteiger partial charge < -0.3 is 5.32 Å². The minimum atomic E-state index is -3.93. The van der Waals surface area contributed by atoms with E-state index in [-0.39, 0.29) is 12.0 Å². The van der Waals surface area contributed by atoms with Gasteiger partial charge in [-0.15, -0.1) is 0 Å². The van der Waals surface area contributed by atoms with Crippen molar-refractivity contribution in [1.82, 2.24) is 5.32 Å². The summed E-state index contributed by atoms with van der Waals surface area (Å²) < 4.78 is 48.4. The Bertz CT molecular complexity index is 161. The summed E-state index contributed by atoms with van der Waals surface area (Å²) in [4.78, 5) is 0. The smallest absolute Gasteiger partial charge is 0.308 e. The van der Waals surface area contributed by atoms with Crippen molar-refractivity contribution in [2.75, 3.05) is 6.54 Å². The molecule has 0 radical (unpaired) electrons. The second-order valence-corrected chi connectivity index (χ2v) is 3.62. The molecule has 0 aliphatic rings. The molecule has 0 rings (SSSR count). The van der Waals surface area contributed by atoms with Gasteiger partial charge in [0.15, 0.2) is 0 Å². The lowest BCUT2D eigenvalue weighted by molar-refractivity contribution is -0.126. The van der Waals surface area contributed by atoms with Crippen molar-refractivity contribution in [3.8, 4) is 0 Å². The summed E-state index contributed by atoms with van der Waals surface area (Å²) in [6.07, 6.45) is -2.77. The monoisotopic (exact) mass is 215 g/mol. The molecule has 1 nitrogen and oxygen atoms in total. The van der Waals surface area contributed by atoms with Crippen LogP contribution in [0, 0.1) is 5.92 Å². The van der Waals surface area contributed by atoms with E-state index in [0.29, 0.717) is 0 Å². The average molecular weight is 215 g/mol. The van der Waals surface area contributed by atoms with Gasteiger partial charge >= 0.3 is 12.3 Å². The van der Waals surface area contributed by atoms with Crippen LogP contribution in [0.2, 0.25) is 0 Å². The van der Waals surface area contributed by atoms with E-state index >= 15 is 0 Å². The predicted molar refractivity (Wildman–Crippen MR) is 47.9 cm³/mol. The molecule has 0 aromatic heterocycles. The molecule has 2 unspecified atom stereocenters. The molecule has 0 saturated heterocycles. The third-order valence-corrected chi connectivity index (χ3v) is 2.48. The Balaban J connectivity index is 3.93. The molecule has 0 spiro atoms. The number of nitrogens with one attached hydrogen (secondary N) is 1. The van der Waals surface area contributed by atoms with E-state index in [4.69, 9.17) is 0 Å². The van der Waals surface area contributed by atoms with E-state index in [1.165, 1.54) is 0 Å². The summed E-state index contributed by atoms with van der Waals surface area (Å²) in [6, 6.07) is -0.176. The van der Waals surface area contributed by atoms with E-state index in [0.717, 1.165) is 6.42 Å². The maximum atomic E-state index is 12.5. The third kappa shape index (κ3) is 4.26. The van der Waals surface area contributed by atoms with E-state index in [9.17, 15) is 17.6 Å². The van der Waals surface area contributed by atoms with E-state index in [1.54, 1.807) is 6.92 Å². The van der Waals surface area contributed by atoms with Gasteiger partial charge in [-0.05, 0) is 12.8 Å². The van der Waals surface area contributed by atoms with Crippen LogP contribution in [0.25, 0.3) is 0 Å². The van der Waals surface area contributed by atoms with Gasteiger partial charge in [0, 0.05) is 6.04 Å². The standard InChI is InChI=1S/C9H17F4N/c1-4-6(2)7(3)14-5-9(12,13)8(10)11/h6-8,14H,4-5H2,1-3H3. The van der Waals surface area contributed by atoms with Gasteiger partial charge in [-0.25, -0.2) is 8.78 Å². The Labute approximate surface area is 81.9 Å². The Hall–Kier alpha value is -0.320. The van der Waals surface area contributed by atoms with Crippen LogP contribution >= 0.6 is 0 Å². The lowest BCUT2D eigenvalue weighted by Gasteiger charge is -2.23. The third-order valence-electron chi connectivity index (χ3n) is 2.48. The van der Waals surface area contributed by atoms with Crippen molar-refractivity contribution in [3.05, 3.63) is 0 Å². The second-order valence-electron chi connectivity index (χ2n) is 3.62. The van der Waals surface area contributed by atoms with Crippen molar-refractivity contribution < 1.29 is 17.6 Å². The zero-order valence-electron chi connectivity index (χ0n) is 8.66. The second kappa shape index (κ2) is 5.53. The molecule has 0 aromatic carbocycles. The minimum absolute atomic E-state index is 0.176. The topological polar surface area (TPSA) is 12.0 Å². The molecule has 0 aliphatic heterocycles. The fraction of sp³-hybridized carbons (Fsp3) is 1.00. The maximum absolute atomic E-state index is 12.5. The molecule has 14 heavy (non-hydrogen) atoms. The van der Waals surface area contributed by atoms with Crippen LogP contribution in [-0.4, -0.2) is 24.9 Å². The molecule has 0 heterocycles. The summed E-state index contributed by atoms with van der Waals surface area (Å²) >= 11 is 0. The van der Waals surface area contributed by atoms with Gasteiger partial charge in [-0.1, -0.05) is 20.3 Å². The van der Waals surface area contributed by atoms with Crippen LogP contribution in [0.5, 0.6) is 0 Å². The van der Waals surface area contributed by atoms with Crippen LogP contribution in [-0.2, 0) is 0 Å². The first kappa shape index (κ1) is 13.7. The first-order valence-corrected chi connectivity index (χ1v) is 4.70. The van der Waals surface area contributed by atoms with E-state index in [1.807, 2.05) is 13.8 Å². The molecule has 2 atom stereocenters. The van der Waals surface area contributed by atoms with Crippen molar-refractivity contribution >= 4 is 0 Å². The summed E-state index contributed by atoms with van der Waals surface area (Å²) in [7, 11) is 0. The van der Waals surface area contributed by atoms with Crippen molar-refractivity contribution in [2.24, 2.45) is 5.92 Å². The Morgan fingerprint density at radius 2 is 1.71 bits per heavy atom. The number of alkyl halides is 4. The van der Waals surface area contributed by atoms with Gasteiger partial charge in [0.05, 0.1) is 6.54 Å². The summed E-state index contributed by atoms with van der Waals surface area (Å²) in [6.45, 7) is 4.57. The number of hydrogen-bond donors (Lipinski definition) is 1. The fourth-order valence-electron chi connectivity index (χ4n) is 0.929. The minimum Gasteiger partial charge on any atom is -0.308 e. The molecule has 0 saturated carbocycles. The van der Waals surface area contributed by atoms with Crippen LogP contribution in [0.15, 0.2) is 0 Å². The van der Waals surface area contributed by atoms with Crippen LogP contribution < -0.4 is 5.32 Å². The van der Waals surface area contributed by atoms with Crippen LogP contribution in [0.1, 0.15) is 27.2 Å². The van der Waals surface area contributed by atoms with Gasteiger partial charge in [-0.2, -0.15) is 8.78 Å². The first-order chi connectivity index (χ1) is 6.31. The number of hydrogen-bond acceptors (Lipinski definition) is 1. The molecular weight excluding hydrogens is 198 g/mol. The zero-order chi connectivity index (χ0) is 11.4. The van der Waals surface area contributed by atoms with Crippen LogP contribution in [0.4, 0.5) is 17.6 Å². The molecule has 1 N–H and O–H groups in total. The molecular formula is C9H17F4N. The highest BCUT2D eigenvalue weighted by Gasteiger charge is 2.40. The van der Waals surface area contributed by atoms with Crippen molar-refractivity contribution in [1.29, 1.82) is 0 Å². The first-order valence-electron chi connectivity index (χ1n) is 4.70. The molecule has 5 heteroatoms. The van der Waals surface area contributed by atoms with Crippen molar-refractivity contribution in [3.63, 3.8) is 0 Å². The Morgan fingerprint density at radius 1 is 1.21 bits per heavy atom. The fourth-order valence-corrected chi connectivity index (χ4v) is 0.929. The molecule has 0 amide bonds. The van der Waals surface area contributed by atoms with Crippen LogP contribution in [0.3, 0.4) is 0 Å².